The lowest BCUT2D eigenvalue weighted by atomic mass is 9.82. The number of rotatable bonds is 14. The fourth-order valence-corrected chi connectivity index (χ4v) is 16.4. The third-order valence-electron chi connectivity index (χ3n) is 21.8. The quantitative estimate of drug-likeness (QED) is 0.107. The minimum atomic E-state index is -0.381. The van der Waals surface area contributed by atoms with Gasteiger partial charge in [0.25, 0.3) is 0 Å². The SMILES string of the molecule is CC1(C)c2cc(N(c3ccc(-c4cc(-c5ccc6ccccc6c5)cc(-c5cccc6ccccc56)c4)cc3)c3cccc(-c4ccccc4)c3)ccc2-c2ccc(N(c3ccc(-c4cc(-c5cccc6ccccc56)cc(-c5cccc6ccccc56)c4)cc3)c3cccc(-c4ccccc4)c3)cc21. The van der Waals surface area contributed by atoms with Crippen LogP contribution < -0.4 is 9.80 Å². The predicted molar refractivity (Wildman–Crippen MR) is 447 cm³/mol. The van der Waals surface area contributed by atoms with Crippen LogP contribution in [0.2, 0.25) is 0 Å². The van der Waals surface area contributed by atoms with E-state index < -0.39 is 0 Å². The van der Waals surface area contributed by atoms with Gasteiger partial charge in [-0.15, -0.1) is 0 Å². The van der Waals surface area contributed by atoms with Crippen molar-refractivity contribution in [1.82, 2.24) is 0 Å². The van der Waals surface area contributed by atoms with E-state index in [1.54, 1.807) is 0 Å². The van der Waals surface area contributed by atoms with Crippen LogP contribution in [0.1, 0.15) is 25.0 Å². The molecule has 0 radical (unpaired) electrons. The van der Waals surface area contributed by atoms with Crippen LogP contribution in [0.15, 0.2) is 400 Å². The molecule has 0 fully saturated rings. The Morgan fingerprint density at radius 1 is 0.162 bits per heavy atom. The molecule has 0 aliphatic heterocycles. The second-order valence-corrected chi connectivity index (χ2v) is 28.4. The van der Waals surface area contributed by atoms with Crippen LogP contribution >= 0.6 is 0 Å². The van der Waals surface area contributed by atoms with Gasteiger partial charge >= 0.3 is 0 Å². The first-order valence-electron chi connectivity index (χ1n) is 36.4. The predicted octanol–water partition coefficient (Wildman–Crippen LogP) is 28.9. The van der Waals surface area contributed by atoms with Crippen molar-refractivity contribution in [3.63, 3.8) is 0 Å². The molecule has 0 aromatic heterocycles. The van der Waals surface area contributed by atoms with Crippen molar-refractivity contribution in [3.8, 4) is 100 Å². The van der Waals surface area contributed by atoms with E-state index in [0.717, 1.165) is 67.5 Å². The van der Waals surface area contributed by atoms with Gasteiger partial charge in [0.15, 0.2) is 0 Å². The smallest absolute Gasteiger partial charge is 0.0467 e. The molecule has 494 valence electrons. The van der Waals surface area contributed by atoms with E-state index in [0.29, 0.717) is 0 Å². The molecule has 0 spiro atoms. The van der Waals surface area contributed by atoms with E-state index in [1.807, 2.05) is 0 Å². The topological polar surface area (TPSA) is 6.48 Å². The van der Waals surface area contributed by atoms with Crippen LogP contribution in [0.4, 0.5) is 34.1 Å². The molecule has 0 saturated heterocycles. The number of fused-ring (bicyclic) bond motifs is 7. The Bertz CT molecular complexity index is 6250. The molecule has 105 heavy (non-hydrogen) atoms. The van der Waals surface area contributed by atoms with Crippen LogP contribution in [0, 0.1) is 0 Å². The van der Waals surface area contributed by atoms with E-state index in [9.17, 15) is 0 Å². The third kappa shape index (κ3) is 11.6. The highest BCUT2D eigenvalue weighted by atomic mass is 15.1. The van der Waals surface area contributed by atoms with Crippen LogP contribution in [0.5, 0.6) is 0 Å². The van der Waals surface area contributed by atoms with Crippen molar-refractivity contribution in [2.45, 2.75) is 19.3 Å². The molecule has 0 atom stereocenters. The summed E-state index contributed by atoms with van der Waals surface area (Å²) in [4.78, 5) is 4.90. The Morgan fingerprint density at radius 3 is 0.895 bits per heavy atom. The van der Waals surface area contributed by atoms with Gasteiger partial charge in [-0.2, -0.15) is 0 Å². The zero-order valence-electron chi connectivity index (χ0n) is 58.5. The van der Waals surface area contributed by atoms with Crippen LogP contribution in [-0.4, -0.2) is 0 Å². The Balaban J connectivity index is 0.707. The first kappa shape index (κ1) is 62.6. The van der Waals surface area contributed by atoms with Gasteiger partial charge in [0.05, 0.1) is 0 Å². The van der Waals surface area contributed by atoms with Crippen molar-refractivity contribution >= 4 is 77.2 Å². The second kappa shape index (κ2) is 26.2. The normalized spacial score (nSPS) is 12.2. The van der Waals surface area contributed by atoms with Crippen molar-refractivity contribution in [1.29, 1.82) is 0 Å². The molecule has 0 saturated carbocycles. The van der Waals surface area contributed by atoms with Gasteiger partial charge < -0.3 is 9.80 Å². The third-order valence-corrected chi connectivity index (χ3v) is 21.8. The van der Waals surface area contributed by atoms with Gasteiger partial charge in [0.2, 0.25) is 0 Å². The van der Waals surface area contributed by atoms with Gasteiger partial charge in [-0.05, 0) is 270 Å². The maximum atomic E-state index is 2.46. The average Bonchev–Trinajstić information content (AvgIpc) is 1.55. The minimum absolute atomic E-state index is 0.381. The van der Waals surface area contributed by atoms with E-state index in [4.69, 9.17) is 0 Å². The van der Waals surface area contributed by atoms with Crippen LogP contribution in [0.25, 0.3) is 143 Å². The highest BCUT2D eigenvalue weighted by Crippen LogP contribution is 2.54. The molecule has 1 aliphatic rings. The van der Waals surface area contributed by atoms with E-state index in [2.05, 4.69) is 424 Å². The minimum Gasteiger partial charge on any atom is -0.310 e. The first-order chi connectivity index (χ1) is 51.8. The molecule has 2 nitrogen and oxygen atoms in total. The van der Waals surface area contributed by atoms with E-state index >= 15 is 0 Å². The molecule has 18 aromatic carbocycles. The molecule has 0 bridgehead atoms. The summed E-state index contributed by atoms with van der Waals surface area (Å²) in [5.41, 5.74) is 30.1. The number of nitrogens with zero attached hydrogens (tertiary/aromatic N) is 2. The number of hydrogen-bond acceptors (Lipinski definition) is 2. The summed E-state index contributed by atoms with van der Waals surface area (Å²) in [6.07, 6.45) is 0. The molecule has 2 heteroatoms. The van der Waals surface area contributed by atoms with Crippen molar-refractivity contribution in [3.05, 3.63) is 412 Å². The summed E-state index contributed by atoms with van der Waals surface area (Å²) < 4.78 is 0. The summed E-state index contributed by atoms with van der Waals surface area (Å²) in [6.45, 7) is 4.82. The standard InChI is InChI=1S/C103H72N2/c1-103(2)101-67-91(104(89-36-17-34-78(65-89)69-22-5-3-6-23-69)87-50-46-72(47-51-87)81-59-83(80-45-44-71-26-9-10-30-77(71)58-80)63-84(60-81)96-41-19-31-74-27-11-14-38-93(74)96)54-56-99(101)100-57-55-92(68-102(100)103)105(90-37-18-35-79(66-90)70-24-7-4-8-25-70)88-52-48-73(49-53-88)82-61-85(97-42-20-32-75-28-12-15-39-94(75)97)64-86(62-82)98-43-21-33-76-29-13-16-40-95(76)98/h3-68H,1-2H3. The van der Waals surface area contributed by atoms with Gasteiger partial charge in [0, 0.05) is 39.5 Å². The van der Waals surface area contributed by atoms with Crippen molar-refractivity contribution < 1.29 is 0 Å². The van der Waals surface area contributed by atoms with E-state index in [-0.39, 0.29) is 5.41 Å². The molecule has 0 unspecified atom stereocenters. The van der Waals surface area contributed by atoms with Gasteiger partial charge in [0.1, 0.15) is 0 Å². The Morgan fingerprint density at radius 2 is 0.457 bits per heavy atom. The van der Waals surface area contributed by atoms with Crippen molar-refractivity contribution in [2.75, 3.05) is 9.80 Å². The largest absolute Gasteiger partial charge is 0.310 e. The molecule has 18 aromatic rings. The lowest BCUT2D eigenvalue weighted by molar-refractivity contribution is 0.660. The maximum Gasteiger partial charge on any atom is 0.0467 e. The summed E-state index contributed by atoms with van der Waals surface area (Å²) in [5.74, 6) is 0. The fourth-order valence-electron chi connectivity index (χ4n) is 16.4. The zero-order chi connectivity index (χ0) is 70.0. The highest BCUT2D eigenvalue weighted by Gasteiger charge is 2.37. The van der Waals surface area contributed by atoms with Gasteiger partial charge in [-0.25, -0.2) is 0 Å². The summed E-state index contributed by atoms with van der Waals surface area (Å²) in [5, 5.41) is 9.86. The fraction of sp³-hybridized carbons (Fsp3) is 0.0291. The summed E-state index contributed by atoms with van der Waals surface area (Å²) in [6, 6.07) is 148. The number of hydrogen-bond donors (Lipinski definition) is 0. The monoisotopic (exact) mass is 1340 g/mol. The Kier molecular flexibility index (Phi) is 15.6. The Labute approximate surface area is 614 Å². The second-order valence-electron chi connectivity index (χ2n) is 28.4. The molecular formula is C103H72N2. The van der Waals surface area contributed by atoms with Gasteiger partial charge in [-0.3, -0.25) is 0 Å². The molecular weight excluding hydrogens is 1270 g/mol. The highest BCUT2D eigenvalue weighted by molar-refractivity contribution is 6.03. The zero-order valence-corrected chi connectivity index (χ0v) is 58.5. The molecule has 0 heterocycles. The van der Waals surface area contributed by atoms with Crippen LogP contribution in [-0.2, 0) is 5.41 Å². The van der Waals surface area contributed by atoms with Crippen molar-refractivity contribution in [2.24, 2.45) is 0 Å². The number of anilines is 6. The first-order valence-corrected chi connectivity index (χ1v) is 36.4. The summed E-state index contributed by atoms with van der Waals surface area (Å²) >= 11 is 0. The lowest BCUT2D eigenvalue weighted by Gasteiger charge is -2.29. The molecule has 0 amide bonds. The Hall–Kier alpha value is -13.4. The number of benzene rings is 18. The average molecular weight is 1340 g/mol. The van der Waals surface area contributed by atoms with E-state index in [1.165, 1.54) is 121 Å². The van der Waals surface area contributed by atoms with Crippen LogP contribution in [0.3, 0.4) is 0 Å². The molecule has 0 N–H and O–H groups in total. The lowest BCUT2D eigenvalue weighted by Crippen LogP contribution is -2.17. The molecule has 19 rings (SSSR count). The molecule has 1 aliphatic carbocycles. The summed E-state index contributed by atoms with van der Waals surface area (Å²) in [7, 11) is 0. The maximum absolute atomic E-state index is 2.46. The van der Waals surface area contributed by atoms with Gasteiger partial charge in [-0.1, -0.05) is 299 Å².